The number of hydrogen-bond acceptors (Lipinski definition) is 7. The minimum atomic E-state index is -0.684. The van der Waals surface area contributed by atoms with Crippen molar-refractivity contribution in [2.45, 2.75) is 52.2 Å². The number of nitrogens with two attached hydrogens (primary N) is 1. The van der Waals surface area contributed by atoms with Crippen LogP contribution in [0.15, 0.2) is 33.9 Å². The molecule has 36 heavy (non-hydrogen) atoms. The predicted octanol–water partition coefficient (Wildman–Crippen LogP) is 1.71. The van der Waals surface area contributed by atoms with Gasteiger partial charge < -0.3 is 10.6 Å². The van der Waals surface area contributed by atoms with Crippen molar-refractivity contribution >= 4 is 28.0 Å². The third kappa shape index (κ3) is 3.85. The number of hydrogen-bond donors (Lipinski definition) is 1. The van der Waals surface area contributed by atoms with Gasteiger partial charge in [0, 0.05) is 37.3 Å². The van der Waals surface area contributed by atoms with Crippen molar-refractivity contribution in [2.24, 2.45) is 12.8 Å². The second-order valence-electron chi connectivity index (χ2n) is 9.32. The summed E-state index contributed by atoms with van der Waals surface area (Å²) < 4.78 is 4.45. The number of nitrogens with zero attached hydrogens (tertiary/aromatic N) is 7. The molecule has 10 nitrogen and oxygen atoms in total. The number of piperidine rings is 1. The zero-order valence-corrected chi connectivity index (χ0v) is 21.0. The zero-order valence-electron chi connectivity index (χ0n) is 21.0. The number of rotatable bonds is 4. The average molecular weight is 487 g/mol. The molecule has 0 spiro atoms. The first-order valence-electron chi connectivity index (χ1n) is 12.2. The van der Waals surface area contributed by atoms with Gasteiger partial charge in [0.05, 0.1) is 18.1 Å². The van der Waals surface area contributed by atoms with E-state index in [1.807, 2.05) is 31.2 Å². The SMILES string of the molecule is CC#CCn1c(N2CCC[C@@H](N)C2)nc2c1c(=O)n(C(C)c1nc(C)c3ccccc3n1)c(=O)n2C. The quantitative estimate of drug-likeness (QED) is 0.437. The molecule has 1 saturated heterocycles. The van der Waals surface area contributed by atoms with Crippen LogP contribution in [-0.4, -0.2) is 47.8 Å². The molecule has 1 fully saturated rings. The standard InChI is InChI=1S/C26H30N8O2/c1-5-6-14-33-21-23(30-25(33)32-13-9-10-18(27)15-32)31(4)26(36)34(24(21)35)17(3)22-28-16(2)19-11-7-8-12-20(19)29-22/h7-8,11-12,17-18H,9-10,13-15,27H2,1-4H3/t17?,18-/m1/s1. The summed E-state index contributed by atoms with van der Waals surface area (Å²) in [5.41, 5.74) is 7.54. The fourth-order valence-corrected chi connectivity index (χ4v) is 4.97. The van der Waals surface area contributed by atoms with Crippen molar-refractivity contribution in [3.63, 3.8) is 0 Å². The monoisotopic (exact) mass is 486 g/mol. The second-order valence-corrected chi connectivity index (χ2v) is 9.32. The average Bonchev–Trinajstić information content (AvgIpc) is 3.26. The summed E-state index contributed by atoms with van der Waals surface area (Å²) >= 11 is 0. The summed E-state index contributed by atoms with van der Waals surface area (Å²) in [5, 5.41) is 0.935. The van der Waals surface area contributed by atoms with E-state index >= 15 is 0 Å². The first-order valence-corrected chi connectivity index (χ1v) is 12.2. The van der Waals surface area contributed by atoms with E-state index in [0.717, 1.165) is 36.0 Å². The third-order valence-electron chi connectivity index (χ3n) is 6.89. The molecule has 2 atom stereocenters. The fourth-order valence-electron chi connectivity index (χ4n) is 4.97. The highest BCUT2D eigenvalue weighted by Gasteiger charge is 2.28. The van der Waals surface area contributed by atoms with E-state index in [0.29, 0.717) is 29.5 Å². The molecule has 1 aliphatic heterocycles. The van der Waals surface area contributed by atoms with Crippen LogP contribution in [-0.2, 0) is 13.6 Å². The Hall–Kier alpha value is -3.97. The Kier molecular flexibility index (Phi) is 6.10. The Morgan fingerprint density at radius 2 is 1.97 bits per heavy atom. The lowest BCUT2D eigenvalue weighted by Crippen LogP contribution is -2.44. The lowest BCUT2D eigenvalue weighted by Gasteiger charge is -2.31. The van der Waals surface area contributed by atoms with Crippen LogP contribution in [0.4, 0.5) is 5.95 Å². The maximum Gasteiger partial charge on any atom is 0.333 e. The minimum Gasteiger partial charge on any atom is -0.341 e. The second kappa shape index (κ2) is 9.24. The largest absolute Gasteiger partial charge is 0.341 e. The first kappa shape index (κ1) is 23.8. The van der Waals surface area contributed by atoms with Gasteiger partial charge in [-0.3, -0.25) is 13.9 Å². The van der Waals surface area contributed by atoms with E-state index < -0.39 is 17.3 Å². The molecule has 1 aliphatic rings. The normalized spacial score (nSPS) is 16.8. The van der Waals surface area contributed by atoms with E-state index in [9.17, 15) is 9.59 Å². The van der Waals surface area contributed by atoms with Crippen molar-refractivity contribution in [3.05, 3.63) is 56.6 Å². The molecule has 0 bridgehead atoms. The van der Waals surface area contributed by atoms with Crippen LogP contribution in [0.1, 0.15) is 44.2 Å². The Morgan fingerprint density at radius 3 is 2.72 bits per heavy atom. The van der Waals surface area contributed by atoms with Crippen LogP contribution in [0.3, 0.4) is 0 Å². The van der Waals surface area contributed by atoms with Crippen LogP contribution in [0, 0.1) is 18.8 Å². The van der Waals surface area contributed by atoms with Crippen molar-refractivity contribution < 1.29 is 0 Å². The molecule has 1 aromatic carbocycles. The van der Waals surface area contributed by atoms with E-state index in [1.54, 1.807) is 25.5 Å². The molecule has 5 rings (SSSR count). The smallest absolute Gasteiger partial charge is 0.333 e. The van der Waals surface area contributed by atoms with Gasteiger partial charge in [0.1, 0.15) is 0 Å². The molecule has 0 saturated carbocycles. The molecule has 0 amide bonds. The van der Waals surface area contributed by atoms with Crippen LogP contribution < -0.4 is 21.9 Å². The van der Waals surface area contributed by atoms with Gasteiger partial charge in [-0.15, -0.1) is 5.92 Å². The molecule has 0 radical (unpaired) electrons. The topological polar surface area (TPSA) is 117 Å². The zero-order chi connectivity index (χ0) is 25.6. The minimum absolute atomic E-state index is 0.0260. The fraction of sp³-hybridized carbons (Fsp3) is 0.423. The lowest BCUT2D eigenvalue weighted by atomic mass is 10.1. The number of para-hydroxylation sites is 1. The maximum absolute atomic E-state index is 14.0. The summed E-state index contributed by atoms with van der Waals surface area (Å²) in [6.07, 6.45) is 1.88. The molecule has 10 heteroatoms. The van der Waals surface area contributed by atoms with E-state index in [4.69, 9.17) is 10.7 Å². The van der Waals surface area contributed by atoms with Gasteiger partial charge in [0.15, 0.2) is 17.0 Å². The van der Waals surface area contributed by atoms with Gasteiger partial charge in [0.25, 0.3) is 5.56 Å². The number of benzene rings is 1. The van der Waals surface area contributed by atoms with Gasteiger partial charge in [-0.05, 0) is 39.7 Å². The molecule has 4 aromatic rings. The number of aryl methyl sites for hydroxylation is 2. The number of fused-ring (bicyclic) bond motifs is 2. The molecule has 3 aromatic heterocycles. The highest BCUT2D eigenvalue weighted by molar-refractivity contribution is 5.80. The Balaban J connectivity index is 1.73. The van der Waals surface area contributed by atoms with E-state index in [-0.39, 0.29) is 12.6 Å². The first-order chi connectivity index (χ1) is 17.3. The summed E-state index contributed by atoms with van der Waals surface area (Å²) in [7, 11) is 1.63. The molecule has 2 N–H and O–H groups in total. The summed E-state index contributed by atoms with van der Waals surface area (Å²) in [5.74, 6) is 6.98. The molecule has 0 aliphatic carbocycles. The van der Waals surface area contributed by atoms with Gasteiger partial charge in [-0.1, -0.05) is 24.1 Å². The summed E-state index contributed by atoms with van der Waals surface area (Å²) in [4.78, 5) is 43.6. The Labute approximate surface area is 208 Å². The molecule has 186 valence electrons. The lowest BCUT2D eigenvalue weighted by molar-refractivity contribution is 0.496. The number of aromatic nitrogens is 6. The summed E-state index contributed by atoms with van der Waals surface area (Å²) in [6, 6.07) is 7.04. The number of anilines is 1. The molecular formula is C26H30N8O2. The third-order valence-corrected chi connectivity index (χ3v) is 6.89. The van der Waals surface area contributed by atoms with E-state index in [2.05, 4.69) is 26.7 Å². The van der Waals surface area contributed by atoms with Crippen LogP contribution in [0.5, 0.6) is 0 Å². The van der Waals surface area contributed by atoms with Crippen molar-refractivity contribution in [2.75, 3.05) is 18.0 Å². The highest BCUT2D eigenvalue weighted by Crippen LogP contribution is 2.24. The highest BCUT2D eigenvalue weighted by atomic mass is 16.2. The van der Waals surface area contributed by atoms with Crippen molar-refractivity contribution in [1.29, 1.82) is 0 Å². The summed E-state index contributed by atoms with van der Waals surface area (Å²) in [6.45, 7) is 7.12. The van der Waals surface area contributed by atoms with Gasteiger partial charge >= 0.3 is 5.69 Å². The van der Waals surface area contributed by atoms with Crippen LogP contribution in [0.2, 0.25) is 0 Å². The van der Waals surface area contributed by atoms with Gasteiger partial charge in [0.2, 0.25) is 5.95 Å². The van der Waals surface area contributed by atoms with Crippen LogP contribution >= 0.6 is 0 Å². The van der Waals surface area contributed by atoms with Crippen LogP contribution in [0.25, 0.3) is 22.1 Å². The molecular weight excluding hydrogens is 456 g/mol. The number of imidazole rings is 1. The Morgan fingerprint density at radius 1 is 1.19 bits per heavy atom. The van der Waals surface area contributed by atoms with Gasteiger partial charge in [-0.2, -0.15) is 4.98 Å². The molecule has 1 unspecified atom stereocenters. The van der Waals surface area contributed by atoms with E-state index in [1.165, 1.54) is 9.13 Å². The predicted molar refractivity (Wildman–Crippen MR) is 140 cm³/mol. The van der Waals surface area contributed by atoms with Crippen molar-refractivity contribution in [3.8, 4) is 11.8 Å². The Bertz CT molecular complexity index is 1650. The van der Waals surface area contributed by atoms with Gasteiger partial charge in [-0.25, -0.2) is 19.3 Å². The molecule has 4 heterocycles. The van der Waals surface area contributed by atoms with Crippen molar-refractivity contribution in [1.82, 2.24) is 28.7 Å². The maximum atomic E-state index is 14.0.